The lowest BCUT2D eigenvalue weighted by Gasteiger charge is -2.12. The highest BCUT2D eigenvalue weighted by molar-refractivity contribution is 5.16. The second kappa shape index (κ2) is 4.70. The van der Waals surface area contributed by atoms with E-state index in [1.165, 1.54) is 5.56 Å². The van der Waals surface area contributed by atoms with Gasteiger partial charge < -0.3 is 4.74 Å². The lowest BCUT2D eigenvalue weighted by molar-refractivity contribution is 0.249. The van der Waals surface area contributed by atoms with Gasteiger partial charge in [-0.15, -0.1) is 0 Å². The second-order valence-electron chi connectivity index (χ2n) is 3.26. The maximum absolute atomic E-state index is 5.09. The van der Waals surface area contributed by atoms with Gasteiger partial charge in [-0.3, -0.25) is 0 Å². The van der Waals surface area contributed by atoms with Crippen LogP contribution in [0.1, 0.15) is 12.5 Å². The molecule has 0 radical (unpaired) electrons. The summed E-state index contributed by atoms with van der Waals surface area (Å²) in [5.41, 5.74) is 1.33. The molecule has 1 aromatic rings. The van der Waals surface area contributed by atoms with Crippen molar-refractivity contribution in [2.45, 2.75) is 13.3 Å². The molecule has 0 aromatic heterocycles. The first kappa shape index (κ1) is 9.85. The molecule has 1 heteroatoms. The van der Waals surface area contributed by atoms with E-state index in [0.29, 0.717) is 5.92 Å². The minimum atomic E-state index is 0.382. The lowest BCUT2D eigenvalue weighted by Crippen LogP contribution is -2.03. The fraction of sp³-hybridized carbons (Fsp3) is 0.333. The van der Waals surface area contributed by atoms with Crippen molar-refractivity contribution in [3.05, 3.63) is 48.2 Å². The van der Waals surface area contributed by atoms with Crippen molar-refractivity contribution in [2.75, 3.05) is 7.11 Å². The monoisotopic (exact) mass is 176 g/mol. The van der Waals surface area contributed by atoms with Crippen molar-refractivity contribution in [2.24, 2.45) is 5.92 Å². The molecular formula is C12H16O. The molecule has 13 heavy (non-hydrogen) atoms. The molecule has 0 saturated heterocycles. The van der Waals surface area contributed by atoms with E-state index >= 15 is 0 Å². The van der Waals surface area contributed by atoms with E-state index in [4.69, 9.17) is 4.74 Å². The van der Waals surface area contributed by atoms with E-state index in [-0.39, 0.29) is 0 Å². The summed E-state index contributed by atoms with van der Waals surface area (Å²) in [5.74, 6) is 1.23. The Morgan fingerprint density at radius 1 is 1.38 bits per heavy atom. The summed E-state index contributed by atoms with van der Waals surface area (Å²) in [6, 6.07) is 10.4. The largest absolute Gasteiger partial charge is 0.501 e. The zero-order valence-electron chi connectivity index (χ0n) is 8.29. The van der Waals surface area contributed by atoms with Crippen LogP contribution in [0.3, 0.4) is 0 Å². The van der Waals surface area contributed by atoms with Crippen molar-refractivity contribution in [3.63, 3.8) is 0 Å². The van der Waals surface area contributed by atoms with Gasteiger partial charge in [-0.2, -0.15) is 0 Å². The Balaban J connectivity index is 2.55. The highest BCUT2D eigenvalue weighted by Gasteiger charge is 2.06. The third kappa shape index (κ3) is 2.94. The van der Waals surface area contributed by atoms with Crippen LogP contribution in [0.15, 0.2) is 42.7 Å². The smallest absolute Gasteiger partial charge is 0.0915 e. The van der Waals surface area contributed by atoms with E-state index in [9.17, 15) is 0 Å². The van der Waals surface area contributed by atoms with Crippen molar-refractivity contribution < 1.29 is 4.74 Å². The Morgan fingerprint density at radius 3 is 2.54 bits per heavy atom. The van der Waals surface area contributed by atoms with Gasteiger partial charge in [0.2, 0.25) is 0 Å². The minimum Gasteiger partial charge on any atom is -0.501 e. The quantitative estimate of drug-likeness (QED) is 0.641. The number of rotatable bonds is 4. The number of ether oxygens (including phenoxy) is 1. The molecule has 1 unspecified atom stereocenters. The Bertz CT molecular complexity index is 264. The summed E-state index contributed by atoms with van der Waals surface area (Å²) in [4.78, 5) is 0. The summed E-state index contributed by atoms with van der Waals surface area (Å²) < 4.78 is 5.09. The molecule has 0 aliphatic heterocycles. The summed E-state index contributed by atoms with van der Waals surface area (Å²) in [7, 11) is 1.67. The molecule has 0 N–H and O–H groups in total. The lowest BCUT2D eigenvalue weighted by atomic mass is 10.00. The van der Waals surface area contributed by atoms with Crippen LogP contribution in [0.5, 0.6) is 0 Å². The molecule has 1 atom stereocenters. The van der Waals surface area contributed by atoms with Crippen LogP contribution in [0, 0.1) is 5.92 Å². The maximum Gasteiger partial charge on any atom is 0.0915 e. The first-order chi connectivity index (χ1) is 6.24. The van der Waals surface area contributed by atoms with Gasteiger partial charge in [0.05, 0.1) is 12.9 Å². The Labute approximate surface area is 80.0 Å². The summed E-state index contributed by atoms with van der Waals surface area (Å²) in [6.07, 6.45) is 0.994. The van der Waals surface area contributed by atoms with Gasteiger partial charge in [-0.25, -0.2) is 0 Å². The Morgan fingerprint density at radius 2 is 2.00 bits per heavy atom. The first-order valence-corrected chi connectivity index (χ1v) is 4.50. The molecular weight excluding hydrogens is 160 g/mol. The summed E-state index contributed by atoms with van der Waals surface area (Å²) in [6.45, 7) is 5.97. The Hall–Kier alpha value is -1.24. The van der Waals surface area contributed by atoms with Crippen molar-refractivity contribution in [1.29, 1.82) is 0 Å². The minimum absolute atomic E-state index is 0.382. The molecule has 0 heterocycles. The second-order valence-corrected chi connectivity index (χ2v) is 3.26. The number of benzene rings is 1. The molecule has 0 spiro atoms. The molecule has 0 aliphatic carbocycles. The van der Waals surface area contributed by atoms with Gasteiger partial charge in [-0.05, 0) is 12.0 Å². The average molecular weight is 176 g/mol. The van der Waals surface area contributed by atoms with Gasteiger partial charge >= 0.3 is 0 Å². The van der Waals surface area contributed by atoms with Crippen LogP contribution in [0.4, 0.5) is 0 Å². The Kier molecular flexibility index (Phi) is 3.56. The van der Waals surface area contributed by atoms with Crippen LogP contribution in [-0.2, 0) is 11.2 Å². The highest BCUT2D eigenvalue weighted by atomic mass is 16.5. The molecule has 70 valence electrons. The SMILES string of the molecule is C=C(OC)C(C)Cc1ccccc1. The molecule has 1 rings (SSSR count). The zero-order chi connectivity index (χ0) is 9.68. The molecule has 0 amide bonds. The number of hydrogen-bond acceptors (Lipinski definition) is 1. The van der Waals surface area contributed by atoms with Gasteiger partial charge in [0.1, 0.15) is 0 Å². The van der Waals surface area contributed by atoms with Gasteiger partial charge in [0.15, 0.2) is 0 Å². The van der Waals surface area contributed by atoms with Gasteiger partial charge in [0.25, 0.3) is 0 Å². The van der Waals surface area contributed by atoms with Crippen molar-refractivity contribution in [1.82, 2.24) is 0 Å². The first-order valence-electron chi connectivity index (χ1n) is 4.50. The van der Waals surface area contributed by atoms with E-state index in [1.54, 1.807) is 7.11 Å². The van der Waals surface area contributed by atoms with E-state index in [0.717, 1.165) is 12.2 Å². The van der Waals surface area contributed by atoms with Gasteiger partial charge in [-0.1, -0.05) is 43.8 Å². The zero-order valence-corrected chi connectivity index (χ0v) is 8.29. The molecule has 1 nitrogen and oxygen atoms in total. The summed E-state index contributed by atoms with van der Waals surface area (Å²) >= 11 is 0. The van der Waals surface area contributed by atoms with E-state index in [2.05, 4.69) is 37.8 Å². The number of allylic oxidation sites excluding steroid dienone is 1. The van der Waals surface area contributed by atoms with Gasteiger partial charge in [0, 0.05) is 5.92 Å². The van der Waals surface area contributed by atoms with Crippen LogP contribution in [0.2, 0.25) is 0 Å². The van der Waals surface area contributed by atoms with E-state index < -0.39 is 0 Å². The third-order valence-electron chi connectivity index (χ3n) is 2.20. The fourth-order valence-electron chi connectivity index (χ4n) is 1.28. The molecule has 1 aromatic carbocycles. The normalized spacial score (nSPS) is 12.2. The third-order valence-corrected chi connectivity index (χ3v) is 2.20. The standard InChI is InChI=1S/C12H16O/c1-10(11(2)13-3)9-12-7-5-4-6-8-12/h4-8,10H,2,9H2,1,3H3. The van der Waals surface area contributed by atoms with Crippen molar-refractivity contribution >= 4 is 0 Å². The van der Waals surface area contributed by atoms with Crippen LogP contribution in [0.25, 0.3) is 0 Å². The number of hydrogen-bond donors (Lipinski definition) is 0. The molecule has 0 saturated carbocycles. The molecule has 0 fully saturated rings. The maximum atomic E-state index is 5.09. The van der Waals surface area contributed by atoms with E-state index in [1.807, 2.05) is 6.07 Å². The average Bonchev–Trinajstić information content (AvgIpc) is 2.18. The fourth-order valence-corrected chi connectivity index (χ4v) is 1.28. The van der Waals surface area contributed by atoms with Crippen LogP contribution in [-0.4, -0.2) is 7.11 Å². The predicted molar refractivity (Wildman–Crippen MR) is 55.5 cm³/mol. The molecule has 0 bridgehead atoms. The topological polar surface area (TPSA) is 9.23 Å². The predicted octanol–water partition coefficient (Wildman–Crippen LogP) is 3.03. The number of methoxy groups -OCH3 is 1. The summed E-state index contributed by atoms with van der Waals surface area (Å²) in [5, 5.41) is 0. The van der Waals surface area contributed by atoms with Crippen LogP contribution >= 0.6 is 0 Å². The molecule has 0 aliphatic rings. The highest BCUT2D eigenvalue weighted by Crippen LogP contribution is 2.15. The van der Waals surface area contributed by atoms with Crippen molar-refractivity contribution in [3.8, 4) is 0 Å². The van der Waals surface area contributed by atoms with Crippen LogP contribution < -0.4 is 0 Å².